The number of hydrogen-bond donors (Lipinski definition) is 1. The molecular formula is C14H16BrNO3. The standard InChI is InChI=1S/C14H16BrNO3/c1-19-14(18)12-9(7-8-15)3-2-4-11(12)16-13(17)10-5-6-10/h2-4,10H,5-8H2,1H3,(H,16,17). The number of alkyl halides is 1. The molecule has 1 aliphatic carbocycles. The van der Waals surface area contributed by atoms with E-state index in [1.54, 1.807) is 6.07 Å². The third-order valence-corrected chi connectivity index (χ3v) is 3.51. The van der Waals surface area contributed by atoms with Crippen LogP contribution in [0.5, 0.6) is 0 Å². The summed E-state index contributed by atoms with van der Waals surface area (Å²) in [6.45, 7) is 0. The van der Waals surface area contributed by atoms with Crippen LogP contribution in [0.4, 0.5) is 5.69 Å². The fourth-order valence-corrected chi connectivity index (χ4v) is 2.37. The Labute approximate surface area is 120 Å². The number of methoxy groups -OCH3 is 1. The molecule has 0 aromatic heterocycles. The third-order valence-electron chi connectivity index (χ3n) is 3.11. The lowest BCUT2D eigenvalue weighted by Gasteiger charge is -2.13. The SMILES string of the molecule is COC(=O)c1c(CCBr)cccc1NC(=O)C1CC1. The van der Waals surface area contributed by atoms with Gasteiger partial charge in [0.05, 0.1) is 18.4 Å². The lowest BCUT2D eigenvalue weighted by atomic mass is 10.0. The molecule has 0 spiro atoms. The quantitative estimate of drug-likeness (QED) is 0.669. The van der Waals surface area contributed by atoms with Gasteiger partial charge in [0.2, 0.25) is 5.91 Å². The van der Waals surface area contributed by atoms with Gasteiger partial charge in [-0.05, 0) is 30.9 Å². The van der Waals surface area contributed by atoms with Crippen molar-refractivity contribution < 1.29 is 14.3 Å². The van der Waals surface area contributed by atoms with E-state index in [9.17, 15) is 9.59 Å². The molecule has 0 aliphatic heterocycles. The van der Waals surface area contributed by atoms with Crippen LogP contribution in [-0.4, -0.2) is 24.3 Å². The number of rotatable bonds is 5. The molecule has 0 heterocycles. The first-order valence-corrected chi connectivity index (χ1v) is 7.36. The summed E-state index contributed by atoms with van der Waals surface area (Å²) in [6.07, 6.45) is 2.57. The highest BCUT2D eigenvalue weighted by atomic mass is 79.9. The summed E-state index contributed by atoms with van der Waals surface area (Å²) in [5.41, 5.74) is 1.87. The molecule has 19 heavy (non-hydrogen) atoms. The number of nitrogens with one attached hydrogen (secondary N) is 1. The number of halogens is 1. The number of anilines is 1. The van der Waals surface area contributed by atoms with E-state index in [0.717, 1.165) is 23.7 Å². The van der Waals surface area contributed by atoms with Crippen molar-refractivity contribution in [2.75, 3.05) is 17.8 Å². The van der Waals surface area contributed by atoms with Gasteiger partial charge in [-0.3, -0.25) is 4.79 Å². The lowest BCUT2D eigenvalue weighted by Crippen LogP contribution is -2.18. The molecule has 0 unspecified atom stereocenters. The monoisotopic (exact) mass is 325 g/mol. The summed E-state index contributed by atoms with van der Waals surface area (Å²) in [4.78, 5) is 23.7. The number of amides is 1. The van der Waals surface area contributed by atoms with Crippen LogP contribution in [-0.2, 0) is 16.0 Å². The Morgan fingerprint density at radius 1 is 1.42 bits per heavy atom. The van der Waals surface area contributed by atoms with Gasteiger partial charge in [0.1, 0.15) is 0 Å². The average molecular weight is 326 g/mol. The zero-order valence-electron chi connectivity index (χ0n) is 10.7. The highest BCUT2D eigenvalue weighted by Crippen LogP contribution is 2.31. The number of carbonyl (C=O) groups excluding carboxylic acids is 2. The number of aryl methyl sites for hydroxylation is 1. The smallest absolute Gasteiger partial charge is 0.340 e. The minimum absolute atomic E-state index is 0.0128. The fourth-order valence-electron chi connectivity index (χ4n) is 1.94. The first kappa shape index (κ1) is 14.1. The summed E-state index contributed by atoms with van der Waals surface area (Å²) in [5, 5.41) is 3.58. The van der Waals surface area contributed by atoms with Gasteiger partial charge in [-0.25, -0.2) is 4.79 Å². The van der Waals surface area contributed by atoms with E-state index in [2.05, 4.69) is 21.2 Å². The normalized spacial score (nSPS) is 14.0. The summed E-state index contributed by atoms with van der Waals surface area (Å²) < 4.78 is 4.82. The van der Waals surface area contributed by atoms with Gasteiger partial charge >= 0.3 is 5.97 Å². The van der Waals surface area contributed by atoms with Crippen LogP contribution in [0.3, 0.4) is 0 Å². The van der Waals surface area contributed by atoms with Crippen LogP contribution in [0.25, 0.3) is 0 Å². The maximum Gasteiger partial charge on any atom is 0.340 e. The second kappa shape index (κ2) is 6.19. The van der Waals surface area contributed by atoms with Crippen molar-refractivity contribution >= 4 is 33.5 Å². The molecule has 5 heteroatoms. The molecule has 1 fully saturated rings. The fraction of sp³-hybridized carbons (Fsp3) is 0.429. The number of hydrogen-bond acceptors (Lipinski definition) is 3. The first-order chi connectivity index (χ1) is 9.17. The number of ether oxygens (including phenoxy) is 1. The van der Waals surface area contributed by atoms with Gasteiger partial charge < -0.3 is 10.1 Å². The second-order valence-electron chi connectivity index (χ2n) is 4.53. The Hall–Kier alpha value is -1.36. The number of benzene rings is 1. The molecular weight excluding hydrogens is 310 g/mol. The lowest BCUT2D eigenvalue weighted by molar-refractivity contribution is -0.117. The van der Waals surface area contributed by atoms with Crippen molar-refractivity contribution in [3.8, 4) is 0 Å². The Balaban J connectivity index is 2.31. The van der Waals surface area contributed by atoms with Crippen molar-refractivity contribution in [3.63, 3.8) is 0 Å². The van der Waals surface area contributed by atoms with E-state index < -0.39 is 5.97 Å². The first-order valence-electron chi connectivity index (χ1n) is 6.24. The molecule has 1 aromatic rings. The van der Waals surface area contributed by atoms with E-state index in [0.29, 0.717) is 17.7 Å². The molecule has 1 aliphatic rings. The molecule has 0 radical (unpaired) electrons. The van der Waals surface area contributed by atoms with Crippen LogP contribution < -0.4 is 5.32 Å². The van der Waals surface area contributed by atoms with Crippen LogP contribution in [0, 0.1) is 5.92 Å². The molecule has 1 amide bonds. The highest BCUT2D eigenvalue weighted by molar-refractivity contribution is 9.09. The maximum atomic E-state index is 11.9. The Morgan fingerprint density at radius 3 is 2.74 bits per heavy atom. The summed E-state index contributed by atoms with van der Waals surface area (Å²) in [5.74, 6) is -0.325. The van der Waals surface area contributed by atoms with E-state index in [-0.39, 0.29) is 11.8 Å². The van der Waals surface area contributed by atoms with Crippen LogP contribution in [0.1, 0.15) is 28.8 Å². The van der Waals surface area contributed by atoms with Crippen LogP contribution >= 0.6 is 15.9 Å². The molecule has 2 rings (SSSR count). The molecule has 1 N–H and O–H groups in total. The van der Waals surface area contributed by atoms with Gasteiger partial charge in [-0.1, -0.05) is 28.1 Å². The van der Waals surface area contributed by atoms with Gasteiger partial charge in [0.15, 0.2) is 0 Å². The van der Waals surface area contributed by atoms with Crippen molar-refractivity contribution in [2.45, 2.75) is 19.3 Å². The third kappa shape index (κ3) is 3.35. The summed E-state index contributed by atoms with van der Waals surface area (Å²) in [6, 6.07) is 5.46. The molecule has 0 atom stereocenters. The van der Waals surface area contributed by atoms with Crippen molar-refractivity contribution in [1.82, 2.24) is 0 Å². The van der Waals surface area contributed by atoms with Crippen molar-refractivity contribution in [2.24, 2.45) is 5.92 Å². The zero-order valence-corrected chi connectivity index (χ0v) is 12.3. The van der Waals surface area contributed by atoms with E-state index in [4.69, 9.17) is 4.74 Å². The second-order valence-corrected chi connectivity index (χ2v) is 5.33. The molecule has 4 nitrogen and oxygen atoms in total. The van der Waals surface area contributed by atoms with Gasteiger partial charge in [0, 0.05) is 11.2 Å². The topological polar surface area (TPSA) is 55.4 Å². The number of carbonyl (C=O) groups is 2. The Bertz CT molecular complexity index is 497. The highest BCUT2D eigenvalue weighted by Gasteiger charge is 2.30. The summed E-state index contributed by atoms with van der Waals surface area (Å²) in [7, 11) is 1.35. The van der Waals surface area contributed by atoms with E-state index in [1.807, 2.05) is 12.1 Å². The number of esters is 1. The molecule has 1 saturated carbocycles. The molecule has 0 bridgehead atoms. The Kier molecular flexibility index (Phi) is 4.58. The molecule has 102 valence electrons. The largest absolute Gasteiger partial charge is 0.465 e. The van der Waals surface area contributed by atoms with Crippen LogP contribution in [0.2, 0.25) is 0 Å². The minimum atomic E-state index is -0.414. The van der Waals surface area contributed by atoms with Gasteiger partial charge in [-0.15, -0.1) is 0 Å². The maximum absolute atomic E-state index is 11.9. The van der Waals surface area contributed by atoms with Crippen LogP contribution in [0.15, 0.2) is 18.2 Å². The predicted octanol–water partition coefficient (Wildman–Crippen LogP) is 2.76. The Morgan fingerprint density at radius 2 is 2.16 bits per heavy atom. The molecule has 0 saturated heterocycles. The summed E-state index contributed by atoms with van der Waals surface area (Å²) >= 11 is 3.36. The van der Waals surface area contributed by atoms with Crippen molar-refractivity contribution in [3.05, 3.63) is 29.3 Å². The average Bonchev–Trinajstić information content (AvgIpc) is 3.23. The van der Waals surface area contributed by atoms with E-state index in [1.165, 1.54) is 7.11 Å². The minimum Gasteiger partial charge on any atom is -0.465 e. The van der Waals surface area contributed by atoms with Gasteiger partial charge in [-0.2, -0.15) is 0 Å². The van der Waals surface area contributed by atoms with E-state index >= 15 is 0 Å². The predicted molar refractivity (Wildman–Crippen MR) is 76.6 cm³/mol. The van der Waals surface area contributed by atoms with Gasteiger partial charge in [0.25, 0.3) is 0 Å². The molecule has 1 aromatic carbocycles. The zero-order chi connectivity index (χ0) is 13.8. The van der Waals surface area contributed by atoms with Crippen molar-refractivity contribution in [1.29, 1.82) is 0 Å².